The van der Waals surface area contributed by atoms with Gasteiger partial charge in [-0.1, -0.05) is 48.5 Å². The van der Waals surface area contributed by atoms with Gasteiger partial charge in [0.2, 0.25) is 0 Å². The summed E-state index contributed by atoms with van der Waals surface area (Å²) >= 11 is 0. The molecule has 5 rings (SSSR count). The Morgan fingerprint density at radius 2 is 1.56 bits per heavy atom. The fourth-order valence-corrected chi connectivity index (χ4v) is 4.33. The Morgan fingerprint density at radius 1 is 0.812 bits per heavy atom. The van der Waals surface area contributed by atoms with Crippen molar-refractivity contribution in [1.29, 1.82) is 0 Å². The van der Waals surface area contributed by atoms with Crippen LogP contribution in [-0.4, -0.2) is 43.2 Å². The number of pyridine rings is 1. The molecule has 1 aromatic heterocycles. The molecule has 4 aromatic rings. The first-order valence-corrected chi connectivity index (χ1v) is 11.0. The maximum atomic E-state index is 14.5. The quantitative estimate of drug-likeness (QED) is 0.428. The van der Waals surface area contributed by atoms with Crippen LogP contribution >= 0.6 is 0 Å². The minimum absolute atomic E-state index is 0.223. The van der Waals surface area contributed by atoms with Crippen molar-refractivity contribution in [2.75, 3.05) is 38.2 Å². The number of piperazine rings is 1. The molecule has 0 aliphatic carbocycles. The summed E-state index contributed by atoms with van der Waals surface area (Å²) in [5, 5.41) is 1.02. The summed E-state index contributed by atoms with van der Waals surface area (Å²) in [7, 11) is 1.69. The lowest BCUT2D eigenvalue weighted by Crippen LogP contribution is -2.46. The second-order valence-corrected chi connectivity index (χ2v) is 8.14. The highest BCUT2D eigenvalue weighted by Gasteiger charge is 2.19. The van der Waals surface area contributed by atoms with Crippen LogP contribution in [0.15, 0.2) is 78.9 Å². The van der Waals surface area contributed by atoms with E-state index in [1.54, 1.807) is 13.2 Å². The van der Waals surface area contributed by atoms with Gasteiger partial charge < -0.3 is 9.64 Å². The van der Waals surface area contributed by atoms with E-state index in [9.17, 15) is 4.39 Å². The molecule has 1 aliphatic rings. The Labute approximate surface area is 187 Å². The largest absolute Gasteiger partial charge is 0.497 e. The number of fused-ring (bicyclic) bond motifs is 1. The highest BCUT2D eigenvalue weighted by molar-refractivity contribution is 5.94. The lowest BCUT2D eigenvalue weighted by Gasteiger charge is -2.35. The monoisotopic (exact) mass is 427 g/mol. The predicted octanol–water partition coefficient (Wildman–Crippen LogP) is 5.37. The van der Waals surface area contributed by atoms with Gasteiger partial charge in [0.05, 0.1) is 12.6 Å². The van der Waals surface area contributed by atoms with Gasteiger partial charge in [0.1, 0.15) is 17.4 Å². The maximum absolute atomic E-state index is 14.5. The average Bonchev–Trinajstić information content (AvgIpc) is 2.85. The summed E-state index contributed by atoms with van der Waals surface area (Å²) in [4.78, 5) is 9.76. The minimum Gasteiger partial charge on any atom is -0.497 e. The third kappa shape index (κ3) is 4.16. The van der Waals surface area contributed by atoms with Crippen LogP contribution in [0, 0.1) is 5.82 Å². The first-order valence-electron chi connectivity index (χ1n) is 11.0. The van der Waals surface area contributed by atoms with E-state index in [0.717, 1.165) is 60.8 Å². The number of nitrogens with zero attached hydrogens (tertiary/aromatic N) is 3. The molecule has 1 saturated heterocycles. The van der Waals surface area contributed by atoms with E-state index in [1.807, 2.05) is 42.5 Å². The number of hydrogen-bond acceptors (Lipinski definition) is 4. The SMILES string of the molecule is COc1ccc(CN2CCN(c3ccc4cccc(-c5ccccc5F)c4n3)CC2)cc1. The normalized spacial score (nSPS) is 14.6. The van der Waals surface area contributed by atoms with E-state index in [4.69, 9.17) is 9.72 Å². The van der Waals surface area contributed by atoms with E-state index in [2.05, 4.69) is 34.1 Å². The summed E-state index contributed by atoms with van der Waals surface area (Å²) < 4.78 is 19.7. The number of rotatable bonds is 5. The van der Waals surface area contributed by atoms with Gasteiger partial charge in [-0.15, -0.1) is 0 Å². The molecule has 3 aromatic carbocycles. The Balaban J connectivity index is 1.33. The molecule has 0 saturated carbocycles. The average molecular weight is 428 g/mol. The molecule has 4 nitrogen and oxygen atoms in total. The van der Waals surface area contributed by atoms with Crippen LogP contribution in [0.25, 0.3) is 22.0 Å². The summed E-state index contributed by atoms with van der Waals surface area (Å²) in [5.74, 6) is 1.61. The fourth-order valence-electron chi connectivity index (χ4n) is 4.33. The van der Waals surface area contributed by atoms with Crippen LogP contribution in [0.3, 0.4) is 0 Å². The molecule has 0 atom stereocenters. The van der Waals surface area contributed by atoms with Crippen molar-refractivity contribution < 1.29 is 9.13 Å². The second kappa shape index (κ2) is 8.97. The fraction of sp³-hybridized carbons (Fsp3) is 0.222. The lowest BCUT2D eigenvalue weighted by atomic mass is 10.0. The van der Waals surface area contributed by atoms with E-state index < -0.39 is 0 Å². The summed E-state index contributed by atoms with van der Waals surface area (Å²) in [6.45, 7) is 4.70. The van der Waals surface area contributed by atoms with E-state index in [1.165, 1.54) is 11.6 Å². The van der Waals surface area contributed by atoms with Crippen molar-refractivity contribution in [3.8, 4) is 16.9 Å². The van der Waals surface area contributed by atoms with Gasteiger partial charge in [-0.25, -0.2) is 9.37 Å². The summed E-state index contributed by atoms with van der Waals surface area (Å²) in [5.41, 5.74) is 3.56. The zero-order chi connectivity index (χ0) is 21.9. The van der Waals surface area contributed by atoms with E-state index in [-0.39, 0.29) is 5.82 Å². The molecule has 0 radical (unpaired) electrons. The van der Waals surface area contributed by atoms with Crippen molar-refractivity contribution in [2.45, 2.75) is 6.54 Å². The van der Waals surface area contributed by atoms with E-state index in [0.29, 0.717) is 5.56 Å². The van der Waals surface area contributed by atoms with Gasteiger partial charge in [0.25, 0.3) is 0 Å². The molecule has 0 spiro atoms. The molecule has 0 bridgehead atoms. The molecule has 32 heavy (non-hydrogen) atoms. The van der Waals surface area contributed by atoms with Gasteiger partial charge in [-0.05, 0) is 35.9 Å². The van der Waals surface area contributed by atoms with Gasteiger partial charge in [-0.2, -0.15) is 0 Å². The summed E-state index contributed by atoms with van der Waals surface area (Å²) in [6.07, 6.45) is 0. The summed E-state index contributed by atoms with van der Waals surface area (Å²) in [6, 6.07) is 25.3. The molecule has 0 N–H and O–H groups in total. The van der Waals surface area contributed by atoms with Crippen molar-refractivity contribution in [3.63, 3.8) is 0 Å². The molecule has 162 valence electrons. The van der Waals surface area contributed by atoms with Gasteiger partial charge >= 0.3 is 0 Å². The molecular formula is C27H26FN3O. The Kier molecular flexibility index (Phi) is 5.73. The number of benzene rings is 3. The van der Waals surface area contributed by atoms with Crippen LogP contribution in [0.1, 0.15) is 5.56 Å². The number of methoxy groups -OCH3 is 1. The third-order valence-electron chi connectivity index (χ3n) is 6.13. The third-order valence-corrected chi connectivity index (χ3v) is 6.13. The number of ether oxygens (including phenoxy) is 1. The number of aromatic nitrogens is 1. The topological polar surface area (TPSA) is 28.6 Å². The first-order chi connectivity index (χ1) is 15.7. The highest BCUT2D eigenvalue weighted by atomic mass is 19.1. The highest BCUT2D eigenvalue weighted by Crippen LogP contribution is 2.31. The first kappa shape index (κ1) is 20.5. The molecule has 2 heterocycles. The van der Waals surface area contributed by atoms with Crippen LogP contribution in [0.2, 0.25) is 0 Å². The molecule has 1 aliphatic heterocycles. The number of halogens is 1. The number of hydrogen-bond donors (Lipinski definition) is 0. The molecule has 0 amide bonds. The Hall–Kier alpha value is -3.44. The Bertz CT molecular complexity index is 1220. The smallest absolute Gasteiger partial charge is 0.131 e. The Morgan fingerprint density at radius 3 is 2.31 bits per heavy atom. The van der Waals surface area contributed by atoms with Crippen LogP contribution in [0.5, 0.6) is 5.75 Å². The van der Waals surface area contributed by atoms with Gasteiger partial charge in [0.15, 0.2) is 0 Å². The molecule has 0 unspecified atom stereocenters. The van der Waals surface area contributed by atoms with Gasteiger partial charge in [0, 0.05) is 49.2 Å². The van der Waals surface area contributed by atoms with Crippen LogP contribution in [0.4, 0.5) is 10.2 Å². The molecule has 1 fully saturated rings. The van der Waals surface area contributed by atoms with Crippen molar-refractivity contribution in [2.24, 2.45) is 0 Å². The second-order valence-electron chi connectivity index (χ2n) is 8.14. The molecular weight excluding hydrogens is 401 g/mol. The minimum atomic E-state index is -0.223. The zero-order valence-corrected chi connectivity index (χ0v) is 18.2. The standard InChI is InChI=1S/C27H26FN3O/c1-32-22-12-9-20(10-13-22)19-30-15-17-31(18-16-30)26-14-11-21-5-4-7-24(27(21)29-26)23-6-2-3-8-25(23)28/h2-14H,15-19H2,1H3. The van der Waals surface area contributed by atoms with Crippen molar-refractivity contribution in [1.82, 2.24) is 9.88 Å². The van der Waals surface area contributed by atoms with Crippen molar-refractivity contribution in [3.05, 3.63) is 90.2 Å². The number of para-hydroxylation sites is 1. The van der Waals surface area contributed by atoms with Crippen LogP contribution in [-0.2, 0) is 6.54 Å². The maximum Gasteiger partial charge on any atom is 0.131 e. The van der Waals surface area contributed by atoms with Crippen LogP contribution < -0.4 is 9.64 Å². The van der Waals surface area contributed by atoms with E-state index >= 15 is 0 Å². The molecule has 5 heteroatoms. The zero-order valence-electron chi connectivity index (χ0n) is 18.2. The lowest BCUT2D eigenvalue weighted by molar-refractivity contribution is 0.249. The number of anilines is 1. The van der Waals surface area contributed by atoms with Crippen molar-refractivity contribution >= 4 is 16.7 Å². The predicted molar refractivity (Wildman–Crippen MR) is 128 cm³/mol. The van der Waals surface area contributed by atoms with Gasteiger partial charge in [-0.3, -0.25) is 4.90 Å².